The average Bonchev–Trinajstić information content (AvgIpc) is 2.64. The van der Waals surface area contributed by atoms with Crippen LogP contribution in [0.2, 0.25) is 5.02 Å². The molecule has 132 valence electrons. The van der Waals surface area contributed by atoms with Crippen molar-refractivity contribution >= 4 is 23.4 Å². The first-order valence-corrected chi connectivity index (χ1v) is 8.93. The van der Waals surface area contributed by atoms with Gasteiger partial charge in [-0.3, -0.25) is 20.4 Å². The Bertz CT molecular complexity index is 714. The zero-order chi connectivity index (χ0) is 18.1. The summed E-state index contributed by atoms with van der Waals surface area (Å²) in [5.74, 6) is -0.815. The summed E-state index contributed by atoms with van der Waals surface area (Å²) < 4.78 is 0. The number of nitrogens with one attached hydrogen (secondary N) is 2. The van der Waals surface area contributed by atoms with Gasteiger partial charge >= 0.3 is 0 Å². The van der Waals surface area contributed by atoms with Gasteiger partial charge in [-0.05, 0) is 42.7 Å². The van der Waals surface area contributed by atoms with Crippen LogP contribution < -0.4 is 10.9 Å². The third-order valence-corrected chi connectivity index (χ3v) is 4.27. The van der Waals surface area contributed by atoms with Gasteiger partial charge in [-0.1, -0.05) is 62.1 Å². The van der Waals surface area contributed by atoms with Gasteiger partial charge in [-0.2, -0.15) is 0 Å². The van der Waals surface area contributed by atoms with Crippen molar-refractivity contribution in [2.45, 2.75) is 39.0 Å². The molecule has 0 saturated heterocycles. The van der Waals surface area contributed by atoms with E-state index in [2.05, 4.69) is 17.8 Å². The molecule has 0 aliphatic heterocycles. The third-order valence-electron chi connectivity index (χ3n) is 3.94. The van der Waals surface area contributed by atoms with Crippen molar-refractivity contribution < 1.29 is 9.59 Å². The number of hydrogen-bond donors (Lipinski definition) is 2. The Balaban J connectivity index is 1.84. The zero-order valence-electron chi connectivity index (χ0n) is 14.3. The second kappa shape index (κ2) is 9.84. The number of benzene rings is 2. The highest BCUT2D eigenvalue weighted by molar-refractivity contribution is 6.33. The van der Waals surface area contributed by atoms with Crippen molar-refractivity contribution in [1.82, 2.24) is 10.9 Å². The summed E-state index contributed by atoms with van der Waals surface area (Å²) in [4.78, 5) is 24.1. The lowest BCUT2D eigenvalue weighted by molar-refractivity contribution is 0.0846. The summed E-state index contributed by atoms with van der Waals surface area (Å²) in [7, 11) is 0. The molecule has 2 aromatic carbocycles. The molecular formula is C20H23ClN2O2. The molecule has 5 heteroatoms. The number of halogens is 1. The highest BCUT2D eigenvalue weighted by Gasteiger charge is 2.11. The molecule has 0 fully saturated rings. The number of hydrazine groups is 1. The number of amides is 2. The van der Waals surface area contributed by atoms with Crippen molar-refractivity contribution in [1.29, 1.82) is 0 Å². The number of aryl methyl sites for hydroxylation is 1. The first-order chi connectivity index (χ1) is 12.1. The standard InChI is InChI=1S/C20H23ClN2O2/c1-2-3-4-5-8-15-11-13-16(14-12-15)19(24)22-23-20(25)17-9-6-7-10-18(17)21/h6-7,9-14H,2-5,8H2,1H3,(H,22,24)(H,23,25). The number of rotatable bonds is 7. The van der Waals surface area contributed by atoms with Gasteiger partial charge in [0.15, 0.2) is 0 Å². The van der Waals surface area contributed by atoms with Gasteiger partial charge < -0.3 is 0 Å². The Kier molecular flexibility index (Phi) is 7.48. The second-order valence-corrected chi connectivity index (χ2v) is 6.30. The lowest BCUT2D eigenvalue weighted by atomic mass is 10.0. The van der Waals surface area contributed by atoms with E-state index in [1.54, 1.807) is 36.4 Å². The SMILES string of the molecule is CCCCCCc1ccc(C(=O)NNC(=O)c2ccccc2Cl)cc1. The summed E-state index contributed by atoms with van der Waals surface area (Å²) in [6.07, 6.45) is 5.88. The smallest absolute Gasteiger partial charge is 0.267 e. The van der Waals surface area contributed by atoms with Crippen LogP contribution in [-0.2, 0) is 6.42 Å². The topological polar surface area (TPSA) is 58.2 Å². The van der Waals surface area contributed by atoms with E-state index in [-0.39, 0.29) is 5.91 Å². The zero-order valence-corrected chi connectivity index (χ0v) is 15.1. The van der Waals surface area contributed by atoms with Gasteiger partial charge in [-0.25, -0.2) is 0 Å². The monoisotopic (exact) mass is 358 g/mol. The van der Waals surface area contributed by atoms with E-state index in [4.69, 9.17) is 11.6 Å². The third kappa shape index (κ3) is 5.91. The molecule has 25 heavy (non-hydrogen) atoms. The molecule has 0 atom stereocenters. The fourth-order valence-electron chi connectivity index (χ4n) is 2.48. The second-order valence-electron chi connectivity index (χ2n) is 5.90. The number of carbonyl (C=O) groups is 2. The first kappa shape index (κ1) is 19.0. The number of unbranched alkanes of at least 4 members (excludes halogenated alkanes) is 3. The lowest BCUT2D eigenvalue weighted by Crippen LogP contribution is -2.41. The Hall–Kier alpha value is -2.33. The average molecular weight is 359 g/mol. The molecule has 0 radical (unpaired) electrons. The van der Waals surface area contributed by atoms with Crippen LogP contribution in [0.4, 0.5) is 0 Å². The maximum absolute atomic E-state index is 12.1. The summed E-state index contributed by atoms with van der Waals surface area (Å²) in [5.41, 5.74) is 6.81. The molecule has 0 aliphatic carbocycles. The molecule has 2 aromatic rings. The molecule has 4 nitrogen and oxygen atoms in total. The summed E-state index contributed by atoms with van der Waals surface area (Å²) >= 11 is 5.96. The molecule has 0 bridgehead atoms. The predicted octanol–water partition coefficient (Wildman–Crippen LogP) is 4.54. The minimum atomic E-state index is -0.452. The molecule has 0 spiro atoms. The number of carbonyl (C=O) groups excluding carboxylic acids is 2. The van der Waals surface area contributed by atoms with Gasteiger partial charge in [0.2, 0.25) is 0 Å². The molecule has 0 aliphatic rings. The highest BCUT2D eigenvalue weighted by atomic mass is 35.5. The fourth-order valence-corrected chi connectivity index (χ4v) is 2.70. The molecule has 0 saturated carbocycles. The molecule has 2 N–H and O–H groups in total. The van der Waals surface area contributed by atoms with Crippen LogP contribution in [0.1, 0.15) is 58.9 Å². The van der Waals surface area contributed by atoms with Crippen molar-refractivity contribution in [2.24, 2.45) is 0 Å². The fraction of sp³-hybridized carbons (Fsp3) is 0.300. The Morgan fingerprint density at radius 3 is 2.24 bits per heavy atom. The summed E-state index contributed by atoms with van der Waals surface area (Å²) in [6, 6.07) is 14.1. The maximum atomic E-state index is 12.1. The van der Waals surface area contributed by atoms with Gasteiger partial charge in [0.05, 0.1) is 10.6 Å². The van der Waals surface area contributed by atoms with E-state index < -0.39 is 5.91 Å². The van der Waals surface area contributed by atoms with E-state index in [0.29, 0.717) is 16.1 Å². The normalized spacial score (nSPS) is 10.3. The van der Waals surface area contributed by atoms with Gasteiger partial charge in [0.1, 0.15) is 0 Å². The first-order valence-electron chi connectivity index (χ1n) is 8.56. The van der Waals surface area contributed by atoms with Crippen molar-refractivity contribution in [3.63, 3.8) is 0 Å². The minimum absolute atomic E-state index is 0.312. The molecule has 0 heterocycles. The van der Waals surface area contributed by atoms with Gasteiger partial charge in [-0.15, -0.1) is 0 Å². The Morgan fingerprint density at radius 1 is 0.880 bits per heavy atom. The van der Waals surface area contributed by atoms with Crippen molar-refractivity contribution in [2.75, 3.05) is 0 Å². The van der Waals surface area contributed by atoms with E-state index in [9.17, 15) is 9.59 Å². The van der Waals surface area contributed by atoms with E-state index in [1.165, 1.54) is 24.8 Å². The summed E-state index contributed by atoms with van der Waals surface area (Å²) in [5, 5.41) is 0.335. The van der Waals surface area contributed by atoms with E-state index in [1.807, 2.05) is 12.1 Å². The molecule has 2 amide bonds. The van der Waals surface area contributed by atoms with Crippen LogP contribution in [0, 0.1) is 0 Å². The Morgan fingerprint density at radius 2 is 1.56 bits per heavy atom. The van der Waals surface area contributed by atoms with E-state index >= 15 is 0 Å². The van der Waals surface area contributed by atoms with Crippen LogP contribution in [0.15, 0.2) is 48.5 Å². The summed E-state index contributed by atoms with van der Waals surface area (Å²) in [6.45, 7) is 2.19. The maximum Gasteiger partial charge on any atom is 0.271 e. The van der Waals surface area contributed by atoms with Gasteiger partial charge in [0, 0.05) is 5.56 Å². The number of hydrogen-bond acceptors (Lipinski definition) is 2. The predicted molar refractivity (Wildman–Crippen MR) is 101 cm³/mol. The molecule has 2 rings (SSSR count). The Labute approximate surface area is 153 Å². The molecule has 0 unspecified atom stereocenters. The quantitative estimate of drug-likeness (QED) is 0.564. The van der Waals surface area contributed by atoms with Crippen LogP contribution in [0.3, 0.4) is 0 Å². The lowest BCUT2D eigenvalue weighted by Gasteiger charge is -2.09. The van der Waals surface area contributed by atoms with Crippen LogP contribution >= 0.6 is 11.6 Å². The van der Waals surface area contributed by atoms with Crippen molar-refractivity contribution in [3.8, 4) is 0 Å². The molecule has 0 aromatic heterocycles. The van der Waals surface area contributed by atoms with Gasteiger partial charge in [0.25, 0.3) is 11.8 Å². The van der Waals surface area contributed by atoms with E-state index in [0.717, 1.165) is 12.8 Å². The van der Waals surface area contributed by atoms with Crippen LogP contribution in [0.25, 0.3) is 0 Å². The largest absolute Gasteiger partial charge is 0.271 e. The molecular weight excluding hydrogens is 336 g/mol. The highest BCUT2D eigenvalue weighted by Crippen LogP contribution is 2.14. The van der Waals surface area contributed by atoms with Crippen molar-refractivity contribution in [3.05, 3.63) is 70.2 Å². The van der Waals surface area contributed by atoms with Crippen LogP contribution in [0.5, 0.6) is 0 Å². The minimum Gasteiger partial charge on any atom is -0.267 e. The van der Waals surface area contributed by atoms with Crippen LogP contribution in [-0.4, -0.2) is 11.8 Å².